The number of thioether (sulfide) groups is 1. The van der Waals surface area contributed by atoms with E-state index in [4.69, 9.17) is 11.6 Å². The Bertz CT molecular complexity index is 911. The van der Waals surface area contributed by atoms with E-state index < -0.39 is 11.9 Å². The summed E-state index contributed by atoms with van der Waals surface area (Å²) in [5, 5.41) is 14.8. The second-order valence-electron chi connectivity index (χ2n) is 7.26. The van der Waals surface area contributed by atoms with Crippen molar-refractivity contribution in [2.75, 3.05) is 25.4 Å². The zero-order chi connectivity index (χ0) is 22.2. The Balaban J connectivity index is 1.78. The van der Waals surface area contributed by atoms with E-state index in [-0.39, 0.29) is 18.3 Å². The number of carbonyl (C=O) groups excluding carboxylic acids is 2. The molecule has 1 aromatic heterocycles. The molecule has 0 unspecified atom stereocenters. The second kappa shape index (κ2) is 11.3. The number of aromatic nitrogens is 3. The Morgan fingerprint density at radius 3 is 2.61 bits per heavy atom. The summed E-state index contributed by atoms with van der Waals surface area (Å²) < 4.78 is 1.96. The number of imide groups is 1. The van der Waals surface area contributed by atoms with Crippen molar-refractivity contribution in [1.29, 1.82) is 0 Å². The molecule has 31 heavy (non-hydrogen) atoms. The number of amides is 3. The van der Waals surface area contributed by atoms with Gasteiger partial charge >= 0.3 is 6.03 Å². The van der Waals surface area contributed by atoms with Crippen LogP contribution in [0.25, 0.3) is 5.69 Å². The summed E-state index contributed by atoms with van der Waals surface area (Å²) in [4.78, 5) is 26.2. The van der Waals surface area contributed by atoms with E-state index in [9.17, 15) is 9.59 Å². The van der Waals surface area contributed by atoms with Crippen LogP contribution in [0, 0.1) is 0 Å². The highest BCUT2D eigenvalue weighted by molar-refractivity contribution is 7.99. The molecule has 2 aromatic rings. The highest BCUT2D eigenvalue weighted by atomic mass is 35.5. The van der Waals surface area contributed by atoms with Crippen LogP contribution < -0.4 is 10.6 Å². The average molecular weight is 463 g/mol. The molecule has 0 saturated carbocycles. The smallest absolute Gasteiger partial charge is 0.321 e. The van der Waals surface area contributed by atoms with Crippen molar-refractivity contribution in [3.05, 3.63) is 47.8 Å². The molecule has 1 aliphatic rings. The molecule has 0 spiro atoms. The average Bonchev–Trinajstić information content (AvgIpc) is 3.20. The highest BCUT2D eigenvalue weighted by Crippen LogP contribution is 2.29. The number of halogens is 1. The molecule has 1 fully saturated rings. The normalized spacial score (nSPS) is 15.3. The zero-order valence-electron chi connectivity index (χ0n) is 17.5. The van der Waals surface area contributed by atoms with Gasteiger partial charge in [-0.25, -0.2) is 4.79 Å². The van der Waals surface area contributed by atoms with Crippen molar-refractivity contribution in [2.45, 2.75) is 37.4 Å². The fourth-order valence-corrected chi connectivity index (χ4v) is 4.33. The first-order valence-corrected chi connectivity index (χ1v) is 11.6. The molecule has 1 atom stereocenters. The van der Waals surface area contributed by atoms with Gasteiger partial charge in [-0.05, 0) is 57.1 Å². The van der Waals surface area contributed by atoms with Crippen LogP contribution in [0.4, 0.5) is 4.79 Å². The monoisotopic (exact) mass is 462 g/mol. The van der Waals surface area contributed by atoms with Crippen LogP contribution >= 0.6 is 23.4 Å². The van der Waals surface area contributed by atoms with Crippen LogP contribution in [-0.2, 0) is 4.79 Å². The van der Waals surface area contributed by atoms with E-state index >= 15 is 0 Å². The van der Waals surface area contributed by atoms with Crippen LogP contribution in [0.2, 0.25) is 5.02 Å². The lowest BCUT2D eigenvalue weighted by atomic mass is 10.1. The van der Waals surface area contributed by atoms with Gasteiger partial charge in [-0.3, -0.25) is 19.6 Å². The predicted molar refractivity (Wildman–Crippen MR) is 123 cm³/mol. The molecule has 1 saturated heterocycles. The first-order valence-electron chi connectivity index (χ1n) is 10.3. The number of urea groups is 1. The Morgan fingerprint density at radius 1 is 1.23 bits per heavy atom. The first-order chi connectivity index (χ1) is 15.0. The molecule has 2 heterocycles. The molecule has 10 heteroatoms. The summed E-state index contributed by atoms with van der Waals surface area (Å²) in [6.07, 6.45) is 5.15. The number of likely N-dealkylation sites (tertiary alicyclic amines) is 1. The molecule has 166 valence electrons. The van der Waals surface area contributed by atoms with Gasteiger partial charge in [-0.1, -0.05) is 35.9 Å². The number of carbonyl (C=O) groups is 2. The quantitative estimate of drug-likeness (QED) is 0.460. The Labute approximate surface area is 191 Å². The maximum absolute atomic E-state index is 12.2. The Hall–Kier alpha value is -2.36. The second-order valence-corrected chi connectivity index (χ2v) is 8.64. The lowest BCUT2D eigenvalue weighted by Crippen LogP contribution is -2.40. The molecular formula is C21H27ClN6O2S. The fraction of sp³-hybridized carbons (Fsp3) is 0.429. The third kappa shape index (κ3) is 6.32. The molecule has 2 N–H and O–H groups in total. The summed E-state index contributed by atoms with van der Waals surface area (Å²) >= 11 is 7.30. The predicted octanol–water partition coefficient (Wildman–Crippen LogP) is 3.57. The van der Waals surface area contributed by atoms with Gasteiger partial charge in [0.1, 0.15) is 0 Å². The van der Waals surface area contributed by atoms with Crippen molar-refractivity contribution in [1.82, 2.24) is 30.3 Å². The van der Waals surface area contributed by atoms with Gasteiger partial charge in [0.15, 0.2) is 11.0 Å². The minimum absolute atomic E-state index is 0.0331. The summed E-state index contributed by atoms with van der Waals surface area (Å²) in [5.74, 6) is 0.435. The van der Waals surface area contributed by atoms with Crippen LogP contribution in [0.15, 0.2) is 42.1 Å². The number of hydrogen-bond acceptors (Lipinski definition) is 6. The fourth-order valence-electron chi connectivity index (χ4n) is 3.45. The highest BCUT2D eigenvalue weighted by Gasteiger charge is 2.26. The van der Waals surface area contributed by atoms with E-state index in [1.807, 2.05) is 28.8 Å². The minimum Gasteiger partial charge on any atom is -0.334 e. The summed E-state index contributed by atoms with van der Waals surface area (Å²) in [5.41, 5.74) is 0.875. The van der Waals surface area contributed by atoms with E-state index in [1.54, 1.807) is 6.08 Å². The van der Waals surface area contributed by atoms with Gasteiger partial charge in [0.05, 0.1) is 11.8 Å². The molecule has 0 aliphatic carbocycles. The van der Waals surface area contributed by atoms with Gasteiger partial charge in [0.25, 0.3) is 0 Å². The molecule has 8 nitrogen and oxygen atoms in total. The summed E-state index contributed by atoms with van der Waals surface area (Å²) in [7, 11) is 0. The van der Waals surface area contributed by atoms with Crippen LogP contribution in [0.1, 0.15) is 38.1 Å². The maximum atomic E-state index is 12.2. The lowest BCUT2D eigenvalue weighted by molar-refractivity contribution is -0.117. The number of nitrogens with one attached hydrogen (secondary N) is 2. The van der Waals surface area contributed by atoms with Crippen LogP contribution in [0.3, 0.4) is 0 Å². The summed E-state index contributed by atoms with van der Waals surface area (Å²) in [6.45, 7) is 7.99. The SMILES string of the molecule is C=CCNC(=O)NC(=O)CSc1nnc([C@@H](C)N2CCCCC2)n1-c1ccc(Cl)cc1. The van der Waals surface area contributed by atoms with Gasteiger partial charge in [0.2, 0.25) is 5.91 Å². The number of piperidine rings is 1. The summed E-state index contributed by atoms with van der Waals surface area (Å²) in [6, 6.07) is 6.98. The van der Waals surface area contributed by atoms with Crippen molar-refractivity contribution in [2.24, 2.45) is 0 Å². The minimum atomic E-state index is -0.552. The van der Waals surface area contributed by atoms with E-state index in [1.165, 1.54) is 31.0 Å². The van der Waals surface area contributed by atoms with Crippen molar-refractivity contribution in [3.63, 3.8) is 0 Å². The van der Waals surface area contributed by atoms with Gasteiger partial charge < -0.3 is 5.32 Å². The number of hydrogen-bond donors (Lipinski definition) is 2. The molecule has 1 aromatic carbocycles. The third-order valence-electron chi connectivity index (χ3n) is 5.05. The van der Waals surface area contributed by atoms with Crippen molar-refractivity contribution >= 4 is 35.3 Å². The molecular weight excluding hydrogens is 436 g/mol. The molecule has 0 radical (unpaired) electrons. The molecule has 3 amide bonds. The van der Waals surface area contributed by atoms with Crippen LogP contribution in [0.5, 0.6) is 0 Å². The van der Waals surface area contributed by atoms with E-state index in [0.717, 1.165) is 24.6 Å². The standard InChI is InChI=1S/C21H27ClN6O2S/c1-3-11-23-20(30)24-18(29)14-31-21-26-25-19(15(2)27-12-5-4-6-13-27)28(21)17-9-7-16(22)8-10-17/h3,7-10,15H,1,4-6,11-14H2,2H3,(H2,23,24,29,30)/t15-/m1/s1. The largest absolute Gasteiger partial charge is 0.334 e. The van der Waals surface area contributed by atoms with Crippen molar-refractivity contribution in [3.8, 4) is 5.69 Å². The number of benzene rings is 1. The molecule has 1 aliphatic heterocycles. The van der Waals surface area contributed by atoms with Gasteiger partial charge in [-0.2, -0.15) is 0 Å². The zero-order valence-corrected chi connectivity index (χ0v) is 19.1. The van der Waals surface area contributed by atoms with Gasteiger partial charge in [0, 0.05) is 17.3 Å². The maximum Gasteiger partial charge on any atom is 0.321 e. The first kappa shape index (κ1) is 23.3. The topological polar surface area (TPSA) is 92.2 Å². The molecule has 3 rings (SSSR count). The van der Waals surface area contributed by atoms with E-state index in [2.05, 4.69) is 39.2 Å². The molecule has 0 bridgehead atoms. The Kier molecular flexibility index (Phi) is 8.51. The van der Waals surface area contributed by atoms with Gasteiger partial charge in [-0.15, -0.1) is 16.8 Å². The number of rotatable bonds is 8. The van der Waals surface area contributed by atoms with Crippen molar-refractivity contribution < 1.29 is 9.59 Å². The lowest BCUT2D eigenvalue weighted by Gasteiger charge is -2.31. The van der Waals surface area contributed by atoms with E-state index in [0.29, 0.717) is 10.2 Å². The Morgan fingerprint density at radius 2 is 1.94 bits per heavy atom. The van der Waals surface area contributed by atoms with Crippen LogP contribution in [-0.4, -0.2) is 57.0 Å². The number of nitrogens with zero attached hydrogens (tertiary/aromatic N) is 4. The third-order valence-corrected chi connectivity index (χ3v) is 6.23.